The third-order valence-electron chi connectivity index (χ3n) is 2.03. The summed E-state index contributed by atoms with van der Waals surface area (Å²) < 4.78 is 52.4. The molecule has 1 aromatic rings. The van der Waals surface area contributed by atoms with E-state index in [-0.39, 0.29) is 12.4 Å². The molecule has 18 heavy (non-hydrogen) atoms. The van der Waals surface area contributed by atoms with E-state index < -0.39 is 24.0 Å². The van der Waals surface area contributed by atoms with E-state index in [0.29, 0.717) is 12.0 Å². The molecule has 7 heteroatoms. The topological polar surface area (TPSA) is 35.2 Å². The number of hydrogen-bond acceptors (Lipinski definition) is 2. The molecule has 0 saturated heterocycles. The Bertz CT molecular complexity index is 409. The number of rotatable bonds is 4. The van der Waals surface area contributed by atoms with E-state index in [1.54, 1.807) is 6.08 Å². The molecule has 0 spiro atoms. The van der Waals surface area contributed by atoms with Crippen LogP contribution in [-0.2, 0) is 0 Å². The summed E-state index contributed by atoms with van der Waals surface area (Å²) in [4.78, 5) is 0. The Morgan fingerprint density at radius 1 is 1.39 bits per heavy atom. The van der Waals surface area contributed by atoms with Gasteiger partial charge in [0.15, 0.2) is 11.6 Å². The van der Waals surface area contributed by atoms with Crippen molar-refractivity contribution in [1.29, 1.82) is 0 Å². The molecule has 0 saturated carbocycles. The fourth-order valence-corrected chi connectivity index (χ4v) is 1.27. The molecule has 0 amide bonds. The predicted molar refractivity (Wildman–Crippen MR) is 62.1 cm³/mol. The van der Waals surface area contributed by atoms with Crippen LogP contribution >= 0.6 is 12.4 Å². The van der Waals surface area contributed by atoms with Crippen molar-refractivity contribution in [3.63, 3.8) is 0 Å². The highest BCUT2D eigenvalue weighted by atomic mass is 35.5. The molecule has 0 bridgehead atoms. The summed E-state index contributed by atoms with van der Waals surface area (Å²) in [5.74, 6) is -1.97. The summed E-state index contributed by atoms with van der Waals surface area (Å²) in [5, 5.41) is 0. The zero-order chi connectivity index (χ0) is 13.1. The van der Waals surface area contributed by atoms with Gasteiger partial charge in [-0.2, -0.15) is 0 Å². The van der Waals surface area contributed by atoms with E-state index in [2.05, 4.69) is 11.3 Å². The first kappa shape index (κ1) is 16.7. The molecule has 0 aliphatic carbocycles. The van der Waals surface area contributed by atoms with Crippen molar-refractivity contribution >= 4 is 12.4 Å². The maximum Gasteiger partial charge on any atom is 0.573 e. The van der Waals surface area contributed by atoms with Crippen LogP contribution in [0.5, 0.6) is 5.75 Å². The molecule has 0 heterocycles. The maximum absolute atomic E-state index is 13.3. The van der Waals surface area contributed by atoms with E-state index in [4.69, 9.17) is 5.73 Å². The number of nitrogens with two attached hydrogens (primary N) is 1. The van der Waals surface area contributed by atoms with Crippen LogP contribution in [0.15, 0.2) is 30.9 Å². The lowest BCUT2D eigenvalue weighted by Crippen LogP contribution is -2.18. The molecule has 0 radical (unpaired) electrons. The lowest BCUT2D eigenvalue weighted by molar-refractivity contribution is -0.275. The van der Waals surface area contributed by atoms with Gasteiger partial charge in [-0.15, -0.1) is 32.2 Å². The van der Waals surface area contributed by atoms with Crippen LogP contribution in [0, 0.1) is 5.82 Å². The Labute approximate surface area is 108 Å². The van der Waals surface area contributed by atoms with Gasteiger partial charge in [0.05, 0.1) is 0 Å². The smallest absolute Gasteiger partial charge is 0.403 e. The van der Waals surface area contributed by atoms with Gasteiger partial charge in [0.25, 0.3) is 0 Å². The number of halogens is 5. The van der Waals surface area contributed by atoms with Gasteiger partial charge in [-0.3, -0.25) is 0 Å². The van der Waals surface area contributed by atoms with Gasteiger partial charge >= 0.3 is 6.36 Å². The second-order valence-corrected chi connectivity index (χ2v) is 3.37. The average molecular weight is 286 g/mol. The van der Waals surface area contributed by atoms with E-state index in [1.807, 2.05) is 0 Å². The van der Waals surface area contributed by atoms with Gasteiger partial charge in [0, 0.05) is 6.04 Å². The second-order valence-electron chi connectivity index (χ2n) is 3.37. The van der Waals surface area contributed by atoms with Crippen molar-refractivity contribution in [1.82, 2.24) is 0 Å². The molecule has 2 nitrogen and oxygen atoms in total. The summed E-state index contributed by atoms with van der Waals surface area (Å²) in [5.41, 5.74) is 6.04. The summed E-state index contributed by atoms with van der Waals surface area (Å²) >= 11 is 0. The van der Waals surface area contributed by atoms with E-state index in [0.717, 1.165) is 12.1 Å². The number of benzene rings is 1. The Morgan fingerprint density at radius 3 is 2.44 bits per heavy atom. The Kier molecular flexibility index (Phi) is 6.14. The molecule has 0 aliphatic rings. The minimum absolute atomic E-state index is 0. The first-order valence-corrected chi connectivity index (χ1v) is 4.75. The fourth-order valence-electron chi connectivity index (χ4n) is 1.27. The Morgan fingerprint density at radius 2 is 2.00 bits per heavy atom. The first-order valence-electron chi connectivity index (χ1n) is 4.75. The second kappa shape index (κ2) is 6.61. The van der Waals surface area contributed by atoms with Crippen molar-refractivity contribution in [2.24, 2.45) is 5.73 Å². The average Bonchev–Trinajstić information content (AvgIpc) is 2.19. The number of hydrogen-bond donors (Lipinski definition) is 1. The van der Waals surface area contributed by atoms with Crippen LogP contribution in [0.1, 0.15) is 18.0 Å². The van der Waals surface area contributed by atoms with E-state index in [9.17, 15) is 17.6 Å². The fraction of sp³-hybridized carbons (Fsp3) is 0.273. The SMILES string of the molecule is C=CC[C@@H](N)c1ccc(OC(F)(F)F)c(F)c1.Cl. The van der Waals surface area contributed by atoms with Crippen LogP contribution in [0.4, 0.5) is 17.6 Å². The third-order valence-corrected chi connectivity index (χ3v) is 2.03. The van der Waals surface area contributed by atoms with E-state index in [1.165, 1.54) is 6.07 Å². The molecule has 2 N–H and O–H groups in total. The van der Waals surface area contributed by atoms with Crippen LogP contribution in [0.25, 0.3) is 0 Å². The minimum atomic E-state index is -4.91. The van der Waals surface area contributed by atoms with Gasteiger partial charge < -0.3 is 10.5 Å². The molecule has 0 aliphatic heterocycles. The normalized spacial score (nSPS) is 12.5. The van der Waals surface area contributed by atoms with E-state index >= 15 is 0 Å². The molecular formula is C11H12ClF4NO. The van der Waals surface area contributed by atoms with Crippen molar-refractivity contribution in [2.45, 2.75) is 18.8 Å². The lowest BCUT2D eigenvalue weighted by Gasteiger charge is -2.13. The quantitative estimate of drug-likeness (QED) is 0.676. The minimum Gasteiger partial charge on any atom is -0.403 e. The number of alkyl halides is 3. The summed E-state index contributed by atoms with van der Waals surface area (Å²) in [7, 11) is 0. The van der Waals surface area contributed by atoms with Crippen LogP contribution < -0.4 is 10.5 Å². The third kappa shape index (κ3) is 4.93. The van der Waals surface area contributed by atoms with Crippen molar-refractivity contribution in [2.75, 3.05) is 0 Å². The zero-order valence-electron chi connectivity index (χ0n) is 9.21. The molecule has 1 aromatic carbocycles. The van der Waals surface area contributed by atoms with Crippen LogP contribution in [0.2, 0.25) is 0 Å². The first-order chi connectivity index (χ1) is 7.83. The largest absolute Gasteiger partial charge is 0.573 e. The van der Waals surface area contributed by atoms with Crippen molar-refractivity contribution in [3.05, 3.63) is 42.2 Å². The molecule has 0 fully saturated rings. The van der Waals surface area contributed by atoms with Gasteiger partial charge in [-0.1, -0.05) is 12.1 Å². The summed E-state index contributed by atoms with van der Waals surface area (Å²) in [6.45, 7) is 3.47. The molecule has 1 atom stereocenters. The Balaban J connectivity index is 0.00000289. The molecule has 102 valence electrons. The highest BCUT2D eigenvalue weighted by Gasteiger charge is 2.32. The predicted octanol–water partition coefficient (Wildman–Crippen LogP) is 3.72. The maximum atomic E-state index is 13.3. The molecular weight excluding hydrogens is 274 g/mol. The zero-order valence-corrected chi connectivity index (χ0v) is 10.0. The summed E-state index contributed by atoms with van der Waals surface area (Å²) in [6.07, 6.45) is -2.97. The van der Waals surface area contributed by atoms with Gasteiger partial charge in [0.1, 0.15) is 0 Å². The number of ether oxygens (including phenoxy) is 1. The van der Waals surface area contributed by atoms with Crippen LogP contribution in [-0.4, -0.2) is 6.36 Å². The highest BCUT2D eigenvalue weighted by Crippen LogP contribution is 2.27. The van der Waals surface area contributed by atoms with Gasteiger partial charge in [0.2, 0.25) is 0 Å². The van der Waals surface area contributed by atoms with Crippen LogP contribution in [0.3, 0.4) is 0 Å². The Hall–Kier alpha value is -1.27. The van der Waals surface area contributed by atoms with Crippen molar-refractivity contribution < 1.29 is 22.3 Å². The lowest BCUT2D eigenvalue weighted by atomic mass is 10.0. The molecule has 1 rings (SSSR count). The van der Waals surface area contributed by atoms with Crippen molar-refractivity contribution in [3.8, 4) is 5.75 Å². The monoisotopic (exact) mass is 285 g/mol. The standard InChI is InChI=1S/C11H11F4NO.ClH/c1-2-3-9(16)7-4-5-10(8(12)6-7)17-11(13,14)15;/h2,4-6,9H,1,3,16H2;1H/t9-;/m1./s1. The molecule has 0 unspecified atom stereocenters. The molecule has 0 aromatic heterocycles. The highest BCUT2D eigenvalue weighted by molar-refractivity contribution is 5.85. The van der Waals surface area contributed by atoms with Gasteiger partial charge in [-0.25, -0.2) is 4.39 Å². The van der Waals surface area contributed by atoms with Gasteiger partial charge in [-0.05, 0) is 24.1 Å². The summed E-state index contributed by atoms with van der Waals surface area (Å²) in [6, 6.07) is 2.62.